The van der Waals surface area contributed by atoms with E-state index in [2.05, 4.69) is 22.3 Å². The first-order valence-corrected chi connectivity index (χ1v) is 13.3. The first-order chi connectivity index (χ1) is 18.0. The lowest BCUT2D eigenvalue weighted by Crippen LogP contribution is -2.46. The van der Waals surface area contributed by atoms with Gasteiger partial charge in [-0.05, 0) is 74.2 Å². The summed E-state index contributed by atoms with van der Waals surface area (Å²) in [4.78, 5) is 56.2. The molecule has 0 aromatic heterocycles. The molecule has 8 heteroatoms. The number of carbonyl (C=O) groups excluding carboxylic acids is 4. The Bertz CT molecular complexity index is 1160. The minimum absolute atomic E-state index is 0.0414. The Labute approximate surface area is 216 Å². The molecule has 8 nitrogen and oxygen atoms in total. The van der Waals surface area contributed by atoms with Gasteiger partial charge in [0.2, 0.25) is 0 Å². The number of carbonyl (C=O) groups is 4. The molecule has 2 saturated heterocycles. The van der Waals surface area contributed by atoms with Crippen LogP contribution in [0.4, 0.5) is 0 Å². The van der Waals surface area contributed by atoms with Gasteiger partial charge in [-0.1, -0.05) is 43.5 Å². The van der Waals surface area contributed by atoms with Gasteiger partial charge in [-0.2, -0.15) is 0 Å². The number of benzene rings is 2. The Balaban J connectivity index is 1.21. The number of nitrogens with one attached hydrogen (secondary N) is 1. The molecule has 1 aliphatic carbocycles. The van der Waals surface area contributed by atoms with Crippen LogP contribution in [0.1, 0.15) is 89.6 Å². The van der Waals surface area contributed by atoms with Gasteiger partial charge in [0.05, 0.1) is 5.56 Å². The SMILES string of the molecule is O=C(NCc1ccc(C(=O)ON2C(=O)CCC2=O)cc1)c1cccc(C2(N3CCCC3)CCCCC2)c1. The van der Waals surface area contributed by atoms with E-state index in [1.807, 2.05) is 12.1 Å². The van der Waals surface area contributed by atoms with E-state index in [-0.39, 0.29) is 29.9 Å². The highest BCUT2D eigenvalue weighted by molar-refractivity contribution is 6.02. The van der Waals surface area contributed by atoms with E-state index in [1.54, 1.807) is 24.3 Å². The number of nitrogens with zero attached hydrogens (tertiary/aromatic N) is 2. The summed E-state index contributed by atoms with van der Waals surface area (Å²) in [6, 6.07) is 14.6. The number of imide groups is 1. The van der Waals surface area contributed by atoms with E-state index < -0.39 is 17.8 Å². The van der Waals surface area contributed by atoms with Crippen LogP contribution in [0, 0.1) is 0 Å². The number of rotatable bonds is 7. The molecule has 0 atom stereocenters. The maximum absolute atomic E-state index is 13.0. The first-order valence-electron chi connectivity index (χ1n) is 13.3. The van der Waals surface area contributed by atoms with Crippen LogP contribution in [0.2, 0.25) is 0 Å². The van der Waals surface area contributed by atoms with Crippen molar-refractivity contribution in [1.29, 1.82) is 0 Å². The molecule has 1 saturated carbocycles. The monoisotopic (exact) mass is 503 g/mol. The fraction of sp³-hybridized carbons (Fsp3) is 0.448. The van der Waals surface area contributed by atoms with Gasteiger partial charge in [-0.25, -0.2) is 4.79 Å². The Morgan fingerprint density at radius 2 is 1.51 bits per heavy atom. The highest BCUT2D eigenvalue weighted by Gasteiger charge is 2.40. The molecule has 0 unspecified atom stereocenters. The van der Waals surface area contributed by atoms with Gasteiger partial charge in [0.25, 0.3) is 17.7 Å². The average Bonchev–Trinajstić information content (AvgIpc) is 3.59. The van der Waals surface area contributed by atoms with Crippen molar-refractivity contribution in [2.45, 2.75) is 69.9 Å². The maximum Gasteiger partial charge on any atom is 0.363 e. The second kappa shape index (κ2) is 10.8. The zero-order chi connectivity index (χ0) is 25.8. The highest BCUT2D eigenvalue weighted by Crippen LogP contribution is 2.44. The van der Waals surface area contributed by atoms with E-state index >= 15 is 0 Å². The number of hydrogen-bond donors (Lipinski definition) is 1. The summed E-state index contributed by atoms with van der Waals surface area (Å²) in [7, 11) is 0. The van der Waals surface area contributed by atoms with Crippen LogP contribution in [0.5, 0.6) is 0 Å². The van der Waals surface area contributed by atoms with E-state index in [0.29, 0.717) is 17.2 Å². The summed E-state index contributed by atoms with van der Waals surface area (Å²) in [5.41, 5.74) is 2.98. The Kier molecular flexibility index (Phi) is 7.37. The van der Waals surface area contributed by atoms with Gasteiger partial charge >= 0.3 is 5.97 Å². The van der Waals surface area contributed by atoms with Crippen LogP contribution in [-0.2, 0) is 26.5 Å². The second-order valence-corrected chi connectivity index (χ2v) is 10.2. The van der Waals surface area contributed by atoms with Crippen LogP contribution in [0.15, 0.2) is 48.5 Å². The van der Waals surface area contributed by atoms with Gasteiger partial charge < -0.3 is 10.2 Å². The number of hydrogen-bond acceptors (Lipinski definition) is 6. The molecule has 2 aliphatic heterocycles. The van der Waals surface area contributed by atoms with Crippen molar-refractivity contribution in [1.82, 2.24) is 15.3 Å². The lowest BCUT2D eigenvalue weighted by atomic mass is 9.75. The number of amides is 3. The number of hydroxylamine groups is 2. The largest absolute Gasteiger partial charge is 0.363 e. The van der Waals surface area contributed by atoms with Crippen molar-refractivity contribution >= 4 is 23.7 Å². The predicted molar refractivity (Wildman–Crippen MR) is 136 cm³/mol. The Morgan fingerprint density at radius 1 is 0.838 bits per heavy atom. The summed E-state index contributed by atoms with van der Waals surface area (Å²) < 4.78 is 0. The fourth-order valence-corrected chi connectivity index (χ4v) is 5.86. The van der Waals surface area contributed by atoms with Crippen LogP contribution < -0.4 is 5.32 Å². The number of likely N-dealkylation sites (tertiary alicyclic amines) is 1. The molecular weight excluding hydrogens is 470 g/mol. The third-order valence-electron chi connectivity index (χ3n) is 7.88. The van der Waals surface area contributed by atoms with E-state index in [9.17, 15) is 19.2 Å². The summed E-state index contributed by atoms with van der Waals surface area (Å²) in [5.74, 6) is -1.94. The first kappa shape index (κ1) is 25.1. The van der Waals surface area contributed by atoms with Gasteiger partial charge in [-0.15, -0.1) is 5.06 Å². The van der Waals surface area contributed by atoms with E-state index in [1.165, 1.54) is 37.7 Å². The lowest BCUT2D eigenvalue weighted by Gasteiger charge is -2.45. The maximum atomic E-state index is 13.0. The van der Waals surface area contributed by atoms with Crippen LogP contribution in [0.25, 0.3) is 0 Å². The molecule has 5 rings (SSSR count). The minimum Gasteiger partial charge on any atom is -0.348 e. The molecule has 2 heterocycles. The predicted octanol–water partition coefficient (Wildman–Crippen LogP) is 4.09. The molecule has 1 N–H and O–H groups in total. The highest BCUT2D eigenvalue weighted by atomic mass is 16.7. The fourth-order valence-electron chi connectivity index (χ4n) is 5.86. The molecule has 0 radical (unpaired) electrons. The molecular formula is C29H33N3O5. The molecule has 194 valence electrons. The third kappa shape index (κ3) is 5.30. The van der Waals surface area contributed by atoms with E-state index in [4.69, 9.17) is 4.84 Å². The molecule has 2 aromatic rings. The van der Waals surface area contributed by atoms with Crippen LogP contribution in [-0.4, -0.2) is 46.7 Å². The molecule has 3 fully saturated rings. The topological polar surface area (TPSA) is 96.0 Å². The quantitative estimate of drug-likeness (QED) is 0.572. The average molecular weight is 504 g/mol. The molecule has 3 amide bonds. The van der Waals surface area contributed by atoms with Crippen LogP contribution >= 0.6 is 0 Å². The normalized spacial score (nSPS) is 19.7. The van der Waals surface area contributed by atoms with Crippen molar-refractivity contribution in [3.63, 3.8) is 0 Å². The standard InChI is InChI=1S/C29H33N3O5/c33-25-13-14-26(34)32(25)37-28(36)22-11-9-21(10-12-22)20-30-27(35)23-7-6-8-24(19-23)29(15-2-1-3-16-29)31-17-4-5-18-31/h6-12,19H,1-5,13-18,20H2,(H,30,35). The molecule has 2 aromatic carbocycles. The van der Waals surface area contributed by atoms with Gasteiger partial charge in [0.15, 0.2) is 0 Å². The zero-order valence-electron chi connectivity index (χ0n) is 21.0. The lowest BCUT2D eigenvalue weighted by molar-refractivity contribution is -0.172. The van der Waals surface area contributed by atoms with Crippen molar-refractivity contribution in [3.05, 3.63) is 70.8 Å². The summed E-state index contributed by atoms with van der Waals surface area (Å²) >= 11 is 0. The van der Waals surface area contributed by atoms with Gasteiger partial charge in [0.1, 0.15) is 0 Å². The Hall–Kier alpha value is -3.52. The van der Waals surface area contributed by atoms with Crippen molar-refractivity contribution in [2.24, 2.45) is 0 Å². The third-order valence-corrected chi connectivity index (χ3v) is 7.88. The second-order valence-electron chi connectivity index (χ2n) is 10.2. The van der Waals surface area contributed by atoms with Crippen molar-refractivity contribution in [3.8, 4) is 0 Å². The van der Waals surface area contributed by atoms with E-state index in [0.717, 1.165) is 31.5 Å². The van der Waals surface area contributed by atoms with Gasteiger partial charge in [-0.3, -0.25) is 19.3 Å². The summed E-state index contributed by atoms with van der Waals surface area (Å²) in [6.07, 6.45) is 8.60. The van der Waals surface area contributed by atoms with Gasteiger partial charge in [0, 0.05) is 30.5 Å². The van der Waals surface area contributed by atoms with Crippen molar-refractivity contribution < 1.29 is 24.0 Å². The summed E-state index contributed by atoms with van der Waals surface area (Å²) in [6.45, 7) is 2.56. The van der Waals surface area contributed by atoms with Crippen LogP contribution in [0.3, 0.4) is 0 Å². The minimum atomic E-state index is -0.773. The summed E-state index contributed by atoms with van der Waals surface area (Å²) in [5, 5.41) is 3.51. The van der Waals surface area contributed by atoms with Crippen molar-refractivity contribution in [2.75, 3.05) is 13.1 Å². The molecule has 0 bridgehead atoms. The smallest absolute Gasteiger partial charge is 0.348 e. The molecule has 3 aliphatic rings. The Morgan fingerprint density at radius 3 is 2.19 bits per heavy atom. The molecule has 0 spiro atoms. The zero-order valence-corrected chi connectivity index (χ0v) is 21.0. The molecule has 37 heavy (non-hydrogen) atoms.